The van der Waals surface area contributed by atoms with Gasteiger partial charge >= 0.3 is 6.08 Å². The van der Waals surface area contributed by atoms with Gasteiger partial charge in [-0.25, -0.2) is 8.42 Å². The minimum absolute atomic E-state index is 0.00501. The van der Waals surface area contributed by atoms with Gasteiger partial charge in [-0.2, -0.15) is 53.0 Å². The molecule has 0 atom stereocenters. The second-order valence-corrected chi connectivity index (χ2v) is 19.4. The molecule has 24 nitrogen and oxygen atoms in total. The summed E-state index contributed by atoms with van der Waals surface area (Å²) in [4.78, 5) is 19.0. The Morgan fingerprint density at radius 3 is 1.97 bits per heavy atom. The van der Waals surface area contributed by atoms with E-state index in [4.69, 9.17) is 0 Å². The molecular formula is C30H25FN8O16S5. The number of aromatic nitrogens is 3. The number of nitrogens with one attached hydrogen (secondary N) is 3. The molecule has 0 fully saturated rings. The summed E-state index contributed by atoms with van der Waals surface area (Å²) < 4.78 is 174. The van der Waals surface area contributed by atoms with E-state index in [1.807, 2.05) is 0 Å². The number of carbonyl (C=O) groups excluding carboxylic acids is 1. The molecule has 0 radical (unpaired) electrons. The van der Waals surface area contributed by atoms with Crippen LogP contribution in [0.2, 0.25) is 0 Å². The Morgan fingerprint density at radius 1 is 0.733 bits per heavy atom. The number of rotatable bonds is 15. The fraction of sp³-hybridized carbons (Fsp3) is 0.0667. The molecule has 0 saturated heterocycles. The summed E-state index contributed by atoms with van der Waals surface area (Å²) in [6.45, 7) is 2.91. The fourth-order valence-electron chi connectivity index (χ4n) is 5.00. The van der Waals surface area contributed by atoms with Gasteiger partial charge in [0.05, 0.1) is 21.2 Å². The smallest absolute Gasteiger partial charge is 0.315 e. The van der Waals surface area contributed by atoms with Crippen molar-refractivity contribution in [3.05, 3.63) is 84.3 Å². The lowest BCUT2D eigenvalue weighted by Crippen LogP contribution is -2.28. The molecule has 0 aliphatic rings. The predicted octanol–water partition coefficient (Wildman–Crippen LogP) is 3.05. The van der Waals surface area contributed by atoms with E-state index in [0.717, 1.165) is 5.41 Å². The van der Waals surface area contributed by atoms with Gasteiger partial charge in [0.2, 0.25) is 11.9 Å². The van der Waals surface area contributed by atoms with Crippen molar-refractivity contribution in [1.29, 1.82) is 0 Å². The molecule has 0 saturated carbocycles. The normalized spacial score (nSPS) is 12.7. The maximum atomic E-state index is 14.8. The molecule has 1 amide bonds. The standard InChI is InChI=1S/C30H25FN8O16S5/c1-2-56(42,43)9-8-32-27(41)15-4-3-5-17(10-15)33-29-35-28(31)36-30(37-29)34-21-14-19(58(47,48)49)11-16-12-23(60(53,54)55)25(26(40)24(16)21)39-38-20-13-18(57(44,45)46)6-7-22(20)59(50,51)52/h2-7,10-14,40H,1,8-9H2,(H,32,41)(H,44,45,46)(H,47,48,49)(H,50,51,52)(H,53,54,55)(H2,33,34,35,36,37). The highest BCUT2D eigenvalue weighted by Crippen LogP contribution is 2.46. The number of benzene rings is 4. The van der Waals surface area contributed by atoms with Crippen LogP contribution in [0, 0.1) is 6.08 Å². The van der Waals surface area contributed by atoms with E-state index in [1.54, 1.807) is 0 Å². The second kappa shape index (κ2) is 16.5. The number of phenolic OH excluding ortho intramolecular Hbond substituents is 1. The van der Waals surface area contributed by atoms with Crippen LogP contribution in [0.4, 0.5) is 39.0 Å². The van der Waals surface area contributed by atoms with Crippen molar-refractivity contribution in [1.82, 2.24) is 20.3 Å². The molecule has 8 N–H and O–H groups in total. The van der Waals surface area contributed by atoms with E-state index in [0.29, 0.717) is 36.4 Å². The molecule has 4 aromatic carbocycles. The van der Waals surface area contributed by atoms with Crippen LogP contribution in [0.15, 0.2) is 102 Å². The quantitative estimate of drug-likeness (QED) is 0.0552. The summed E-state index contributed by atoms with van der Waals surface area (Å²) in [6, 6.07) is 8.50. The number of hydrogen-bond donors (Lipinski definition) is 8. The molecule has 0 spiro atoms. The molecule has 0 aliphatic heterocycles. The first-order valence-electron chi connectivity index (χ1n) is 15.6. The van der Waals surface area contributed by atoms with Crippen molar-refractivity contribution in [2.24, 2.45) is 10.2 Å². The van der Waals surface area contributed by atoms with Crippen LogP contribution in [0.1, 0.15) is 10.4 Å². The largest absolute Gasteiger partial charge is 0.505 e. The van der Waals surface area contributed by atoms with Crippen LogP contribution in [-0.2, 0) is 50.3 Å². The molecule has 5 rings (SSSR count). The molecule has 0 unspecified atom stereocenters. The van der Waals surface area contributed by atoms with E-state index in [-0.39, 0.29) is 17.8 Å². The topological polar surface area (TPSA) is 388 Å². The summed E-state index contributed by atoms with van der Waals surface area (Å²) in [5.74, 6) is -3.77. The maximum absolute atomic E-state index is 14.8. The van der Waals surface area contributed by atoms with Crippen molar-refractivity contribution < 1.29 is 74.6 Å². The van der Waals surface area contributed by atoms with Crippen LogP contribution in [0.25, 0.3) is 10.8 Å². The Labute approximate surface area is 337 Å². The van der Waals surface area contributed by atoms with Crippen molar-refractivity contribution in [2.75, 3.05) is 22.9 Å². The summed E-state index contributed by atoms with van der Waals surface area (Å²) >= 11 is 0. The predicted molar refractivity (Wildman–Crippen MR) is 205 cm³/mol. The molecule has 30 heteroatoms. The average molecular weight is 933 g/mol. The zero-order valence-electron chi connectivity index (χ0n) is 29.4. The maximum Gasteiger partial charge on any atom is 0.315 e. The molecule has 0 aliphatic carbocycles. The van der Waals surface area contributed by atoms with Gasteiger partial charge in [0, 0.05) is 28.6 Å². The number of phenols is 1. The lowest BCUT2D eigenvalue weighted by molar-refractivity contribution is 0.0956. The van der Waals surface area contributed by atoms with E-state index < -0.39 is 133 Å². The molecule has 0 bridgehead atoms. The van der Waals surface area contributed by atoms with Gasteiger partial charge in [0.1, 0.15) is 21.2 Å². The first-order valence-corrected chi connectivity index (χ1v) is 23.1. The minimum atomic E-state index is -5.50. The summed E-state index contributed by atoms with van der Waals surface area (Å²) in [7, 11) is -24.6. The van der Waals surface area contributed by atoms with Crippen molar-refractivity contribution in [3.8, 4) is 5.75 Å². The van der Waals surface area contributed by atoms with Crippen molar-refractivity contribution in [2.45, 2.75) is 19.6 Å². The Kier molecular flexibility index (Phi) is 12.4. The Morgan fingerprint density at radius 2 is 1.37 bits per heavy atom. The van der Waals surface area contributed by atoms with Crippen LogP contribution in [-0.4, -0.2) is 98.6 Å². The number of nitrogens with zero attached hydrogens (tertiary/aromatic N) is 5. The lowest BCUT2D eigenvalue weighted by atomic mass is 10.1. The third kappa shape index (κ3) is 10.7. The minimum Gasteiger partial charge on any atom is -0.505 e. The van der Waals surface area contributed by atoms with Gasteiger partial charge in [0.15, 0.2) is 15.6 Å². The number of fused-ring (bicyclic) bond motifs is 1. The van der Waals surface area contributed by atoms with Crippen LogP contribution in [0.5, 0.6) is 5.75 Å². The third-order valence-corrected chi connectivity index (χ3v) is 12.4. The summed E-state index contributed by atoms with van der Waals surface area (Å²) in [5.41, 5.74) is -2.87. The first kappa shape index (κ1) is 45.0. The number of anilines is 4. The van der Waals surface area contributed by atoms with Crippen LogP contribution >= 0.6 is 0 Å². The number of sulfone groups is 1. The number of halogens is 1. The zero-order valence-corrected chi connectivity index (χ0v) is 33.4. The van der Waals surface area contributed by atoms with E-state index in [1.165, 1.54) is 24.3 Å². The second-order valence-electron chi connectivity index (χ2n) is 11.7. The van der Waals surface area contributed by atoms with Crippen molar-refractivity contribution >= 4 is 102 Å². The van der Waals surface area contributed by atoms with Gasteiger partial charge in [-0.15, -0.1) is 10.2 Å². The van der Waals surface area contributed by atoms with Crippen molar-refractivity contribution in [3.63, 3.8) is 0 Å². The number of azo groups is 1. The summed E-state index contributed by atoms with van der Waals surface area (Å²) in [6.07, 6.45) is -1.49. The van der Waals surface area contributed by atoms with Crippen LogP contribution in [0.3, 0.4) is 0 Å². The lowest BCUT2D eigenvalue weighted by Gasteiger charge is -2.15. The SMILES string of the molecule is C=CS(=O)(=O)CCNC(=O)c1cccc(Nc2nc(F)nc(Nc3cc(S(=O)(=O)O)cc4cc(S(=O)(=O)O)c(N=Nc5cc(S(=O)(=O)O)ccc5S(=O)(=O)O)c(O)c34)n2)c1. The number of hydrogen-bond acceptors (Lipinski definition) is 19. The van der Waals surface area contributed by atoms with Gasteiger partial charge in [-0.1, -0.05) is 12.6 Å². The van der Waals surface area contributed by atoms with Crippen LogP contribution < -0.4 is 16.0 Å². The third-order valence-electron chi connectivity index (χ3n) is 7.62. The zero-order chi connectivity index (χ0) is 44.6. The Balaban J connectivity index is 1.62. The van der Waals surface area contributed by atoms with E-state index >= 15 is 0 Å². The summed E-state index contributed by atoms with van der Waals surface area (Å²) in [5, 5.41) is 25.1. The van der Waals surface area contributed by atoms with E-state index in [9.17, 15) is 74.6 Å². The fourth-order valence-corrected chi connectivity index (χ4v) is 7.86. The molecular weight excluding hydrogens is 908 g/mol. The first-order chi connectivity index (χ1) is 27.7. The highest BCUT2D eigenvalue weighted by molar-refractivity contribution is 7.94. The highest BCUT2D eigenvalue weighted by Gasteiger charge is 2.27. The average Bonchev–Trinajstić information content (AvgIpc) is 3.12. The number of aromatic hydroxyl groups is 1. The Bertz CT molecular complexity index is 3220. The molecule has 5 aromatic rings. The van der Waals surface area contributed by atoms with Gasteiger partial charge in [0.25, 0.3) is 46.4 Å². The number of amides is 1. The van der Waals surface area contributed by atoms with Gasteiger partial charge in [-0.3, -0.25) is 23.0 Å². The van der Waals surface area contributed by atoms with Gasteiger partial charge in [-0.05, 0) is 60.0 Å². The number of carbonyl (C=O) groups is 1. The monoisotopic (exact) mass is 932 g/mol. The van der Waals surface area contributed by atoms with Gasteiger partial charge < -0.3 is 21.1 Å². The van der Waals surface area contributed by atoms with E-state index in [2.05, 4.69) is 47.7 Å². The molecule has 60 heavy (non-hydrogen) atoms. The molecule has 1 heterocycles. The highest BCUT2D eigenvalue weighted by atomic mass is 32.2. The molecule has 1 aromatic heterocycles. The Hall–Kier alpha value is -6.12. The molecule has 318 valence electrons.